The Labute approximate surface area is 103 Å². The van der Waals surface area contributed by atoms with Gasteiger partial charge in [-0.1, -0.05) is 0 Å². The molecule has 1 aromatic heterocycles. The highest BCUT2D eigenvalue weighted by Gasteiger charge is 2.32. The number of nitrogens with two attached hydrogens (primary N) is 1. The summed E-state index contributed by atoms with van der Waals surface area (Å²) in [5, 5.41) is 9.98. The van der Waals surface area contributed by atoms with Crippen molar-refractivity contribution < 1.29 is 9.52 Å². The summed E-state index contributed by atoms with van der Waals surface area (Å²) in [6.07, 6.45) is 0.701. The summed E-state index contributed by atoms with van der Waals surface area (Å²) in [7, 11) is 0. The lowest BCUT2D eigenvalue weighted by atomic mass is 10.1. The van der Waals surface area contributed by atoms with Crippen LogP contribution < -0.4 is 16.4 Å². The fourth-order valence-corrected chi connectivity index (χ4v) is 2.43. The number of rotatable bonds is 1. The molecule has 6 heteroatoms. The third-order valence-corrected chi connectivity index (χ3v) is 3.36. The summed E-state index contributed by atoms with van der Waals surface area (Å²) >= 11 is 0. The first-order chi connectivity index (χ1) is 8.44. The zero-order valence-corrected chi connectivity index (χ0v) is 10.1. The molecule has 3 rings (SSSR count). The zero-order chi connectivity index (χ0) is 12.9. The summed E-state index contributed by atoms with van der Waals surface area (Å²) in [5.74, 6) is -0.491. The third kappa shape index (κ3) is 1.74. The van der Waals surface area contributed by atoms with E-state index in [1.165, 1.54) is 0 Å². The van der Waals surface area contributed by atoms with E-state index in [4.69, 9.17) is 10.2 Å². The molecule has 0 spiro atoms. The topological polar surface area (TPSA) is 95.5 Å². The van der Waals surface area contributed by atoms with Crippen molar-refractivity contribution in [2.45, 2.75) is 18.9 Å². The Hall–Kier alpha value is -1.95. The molecule has 1 aromatic carbocycles. The summed E-state index contributed by atoms with van der Waals surface area (Å²) in [4.78, 5) is 15.7. The number of anilines is 2. The predicted octanol–water partition coefficient (Wildman–Crippen LogP) is 0.664. The van der Waals surface area contributed by atoms with Gasteiger partial charge in [-0.25, -0.2) is 4.79 Å². The maximum Gasteiger partial charge on any atom is 0.417 e. The number of hydrogen-bond acceptors (Lipinski definition) is 5. The largest absolute Gasteiger partial charge is 0.417 e. The highest BCUT2D eigenvalue weighted by Crippen LogP contribution is 2.32. The van der Waals surface area contributed by atoms with Gasteiger partial charge in [-0.3, -0.25) is 4.98 Å². The van der Waals surface area contributed by atoms with Gasteiger partial charge in [0.2, 0.25) is 0 Å². The van der Waals surface area contributed by atoms with Crippen LogP contribution in [-0.4, -0.2) is 28.8 Å². The number of β-amino-alcohol motifs (C(OH)–C–C–N with tert-alkyl or cyclic N) is 1. The Morgan fingerprint density at radius 2 is 2.33 bits per heavy atom. The SMILES string of the molecule is CC1(O)CCN(c2cc3[nH]c(=O)oc3cc2N)C1. The fourth-order valence-electron chi connectivity index (χ4n) is 2.43. The van der Waals surface area contributed by atoms with Crippen molar-refractivity contribution in [3.05, 3.63) is 22.7 Å². The van der Waals surface area contributed by atoms with Crippen LogP contribution in [0.15, 0.2) is 21.3 Å². The van der Waals surface area contributed by atoms with Gasteiger partial charge in [0.05, 0.1) is 22.5 Å². The summed E-state index contributed by atoms with van der Waals surface area (Å²) in [6, 6.07) is 3.42. The van der Waals surface area contributed by atoms with Crippen molar-refractivity contribution >= 4 is 22.5 Å². The zero-order valence-electron chi connectivity index (χ0n) is 10.1. The van der Waals surface area contributed by atoms with Crippen molar-refractivity contribution in [3.63, 3.8) is 0 Å². The Balaban J connectivity index is 2.06. The molecule has 1 atom stereocenters. The van der Waals surface area contributed by atoms with E-state index in [1.54, 1.807) is 19.1 Å². The van der Waals surface area contributed by atoms with Crippen molar-refractivity contribution in [1.82, 2.24) is 4.98 Å². The molecule has 0 bridgehead atoms. The van der Waals surface area contributed by atoms with Crippen LogP contribution in [0.1, 0.15) is 13.3 Å². The lowest BCUT2D eigenvalue weighted by molar-refractivity contribution is 0.0839. The first-order valence-corrected chi connectivity index (χ1v) is 5.84. The lowest BCUT2D eigenvalue weighted by Crippen LogP contribution is -2.29. The van der Waals surface area contributed by atoms with Crippen molar-refractivity contribution in [1.29, 1.82) is 0 Å². The standard InChI is InChI=1S/C12H15N3O3/c1-12(17)2-3-15(6-12)9-5-8-10(4-7(9)13)18-11(16)14-8/h4-5,17H,2-3,6,13H2,1H3,(H,14,16). The number of aromatic amines is 1. The smallest absolute Gasteiger partial charge is 0.408 e. The van der Waals surface area contributed by atoms with Crippen LogP contribution in [-0.2, 0) is 0 Å². The second-order valence-electron chi connectivity index (χ2n) is 5.09. The Morgan fingerprint density at radius 1 is 1.56 bits per heavy atom. The van der Waals surface area contributed by atoms with Crippen LogP contribution in [0.25, 0.3) is 11.1 Å². The summed E-state index contributed by atoms with van der Waals surface area (Å²) < 4.78 is 4.95. The van der Waals surface area contributed by atoms with Crippen molar-refractivity contribution in [3.8, 4) is 0 Å². The number of aromatic nitrogens is 1. The molecular weight excluding hydrogens is 234 g/mol. The number of hydrogen-bond donors (Lipinski definition) is 3. The molecule has 2 aromatic rings. The molecule has 0 aliphatic carbocycles. The molecule has 0 radical (unpaired) electrons. The number of fused-ring (bicyclic) bond motifs is 1. The van der Waals surface area contributed by atoms with Gasteiger partial charge in [0.15, 0.2) is 5.58 Å². The molecule has 1 saturated heterocycles. The van der Waals surface area contributed by atoms with Gasteiger partial charge in [0.25, 0.3) is 0 Å². The second kappa shape index (κ2) is 3.52. The van der Waals surface area contributed by atoms with Gasteiger partial charge in [-0.05, 0) is 19.4 Å². The molecule has 1 aliphatic rings. The molecule has 6 nitrogen and oxygen atoms in total. The molecule has 1 fully saturated rings. The van der Waals surface area contributed by atoms with E-state index in [0.29, 0.717) is 29.8 Å². The third-order valence-electron chi connectivity index (χ3n) is 3.36. The minimum atomic E-state index is -0.689. The number of H-pyrrole nitrogens is 1. The Kier molecular flexibility index (Phi) is 2.18. The van der Waals surface area contributed by atoms with Gasteiger partial charge in [-0.15, -0.1) is 0 Å². The van der Waals surface area contributed by atoms with Crippen LogP contribution in [0, 0.1) is 0 Å². The van der Waals surface area contributed by atoms with Crippen LogP contribution in [0.2, 0.25) is 0 Å². The van der Waals surface area contributed by atoms with Crippen molar-refractivity contribution in [2.75, 3.05) is 23.7 Å². The molecule has 0 amide bonds. The number of nitrogen functional groups attached to an aromatic ring is 1. The van der Waals surface area contributed by atoms with Gasteiger partial charge in [0.1, 0.15) is 0 Å². The monoisotopic (exact) mass is 249 g/mol. The molecule has 96 valence electrons. The number of benzene rings is 1. The normalized spacial score (nSPS) is 24.0. The van der Waals surface area contributed by atoms with E-state index >= 15 is 0 Å². The predicted molar refractivity (Wildman–Crippen MR) is 68.7 cm³/mol. The second-order valence-corrected chi connectivity index (χ2v) is 5.09. The molecule has 1 aliphatic heterocycles. The highest BCUT2D eigenvalue weighted by molar-refractivity contribution is 5.85. The van der Waals surface area contributed by atoms with E-state index in [-0.39, 0.29) is 0 Å². The van der Waals surface area contributed by atoms with Crippen LogP contribution in [0.3, 0.4) is 0 Å². The maximum absolute atomic E-state index is 11.1. The number of nitrogens with zero attached hydrogens (tertiary/aromatic N) is 1. The number of nitrogens with one attached hydrogen (secondary N) is 1. The van der Waals surface area contributed by atoms with E-state index < -0.39 is 11.4 Å². The Morgan fingerprint density at radius 3 is 3.00 bits per heavy atom. The average molecular weight is 249 g/mol. The first kappa shape index (κ1) is 11.2. The quantitative estimate of drug-likeness (QED) is 0.645. The summed E-state index contributed by atoms with van der Waals surface area (Å²) in [5.41, 5.74) is 7.71. The number of aliphatic hydroxyl groups is 1. The van der Waals surface area contributed by atoms with Crippen LogP contribution >= 0.6 is 0 Å². The van der Waals surface area contributed by atoms with E-state index in [0.717, 1.165) is 12.2 Å². The van der Waals surface area contributed by atoms with Gasteiger partial charge in [0, 0.05) is 19.2 Å². The van der Waals surface area contributed by atoms with E-state index in [1.807, 2.05) is 4.90 Å². The molecule has 4 N–H and O–H groups in total. The van der Waals surface area contributed by atoms with E-state index in [9.17, 15) is 9.90 Å². The van der Waals surface area contributed by atoms with Crippen LogP contribution in [0.5, 0.6) is 0 Å². The first-order valence-electron chi connectivity index (χ1n) is 5.84. The summed E-state index contributed by atoms with van der Waals surface area (Å²) in [6.45, 7) is 3.08. The molecule has 0 saturated carbocycles. The fraction of sp³-hybridized carbons (Fsp3) is 0.417. The van der Waals surface area contributed by atoms with Gasteiger partial charge >= 0.3 is 5.76 Å². The van der Waals surface area contributed by atoms with Gasteiger partial charge < -0.3 is 20.2 Å². The van der Waals surface area contributed by atoms with E-state index in [2.05, 4.69) is 4.98 Å². The molecule has 1 unspecified atom stereocenters. The minimum Gasteiger partial charge on any atom is -0.408 e. The maximum atomic E-state index is 11.1. The van der Waals surface area contributed by atoms with Crippen LogP contribution in [0.4, 0.5) is 11.4 Å². The molecular formula is C12H15N3O3. The minimum absolute atomic E-state index is 0.451. The van der Waals surface area contributed by atoms with Crippen molar-refractivity contribution in [2.24, 2.45) is 0 Å². The average Bonchev–Trinajstić information content (AvgIpc) is 2.78. The lowest BCUT2D eigenvalue weighted by Gasteiger charge is -2.22. The molecule has 18 heavy (non-hydrogen) atoms. The number of oxazole rings is 1. The Bertz CT molecular complexity index is 656. The highest BCUT2D eigenvalue weighted by atomic mass is 16.4. The van der Waals surface area contributed by atoms with Gasteiger partial charge in [-0.2, -0.15) is 0 Å². The molecule has 2 heterocycles.